The molecule has 2 N–H and O–H groups in total. The molecule has 0 saturated heterocycles. The van der Waals surface area contributed by atoms with Crippen molar-refractivity contribution in [3.8, 4) is 0 Å². The highest BCUT2D eigenvalue weighted by atomic mass is 16.3. The number of hydrogen-bond donors (Lipinski definition) is 2. The predicted molar refractivity (Wildman–Crippen MR) is 69.9 cm³/mol. The number of aliphatic hydroxyl groups is 1. The average molecular weight is 239 g/mol. The molecule has 0 aliphatic carbocycles. The lowest BCUT2D eigenvalue weighted by Gasteiger charge is -2.17. The smallest absolute Gasteiger partial charge is 0.0722 e. The molecule has 0 aliphatic rings. The predicted octanol–water partition coefficient (Wildman–Crippen LogP) is 1.58. The minimum atomic E-state index is -0.238. The molecular weight excluding hydrogens is 214 g/mol. The first kappa shape index (κ1) is 14.2. The van der Waals surface area contributed by atoms with Gasteiger partial charge in [0.25, 0.3) is 0 Å². The van der Waals surface area contributed by atoms with Crippen LogP contribution in [0.3, 0.4) is 0 Å². The lowest BCUT2D eigenvalue weighted by atomic mass is 9.89. The van der Waals surface area contributed by atoms with E-state index in [-0.39, 0.29) is 11.5 Å². The molecule has 1 atom stereocenters. The molecule has 0 aliphatic heterocycles. The number of rotatable bonds is 5. The van der Waals surface area contributed by atoms with Crippen LogP contribution in [-0.4, -0.2) is 27.5 Å². The van der Waals surface area contributed by atoms with Crippen LogP contribution in [0.25, 0.3) is 0 Å². The van der Waals surface area contributed by atoms with Crippen molar-refractivity contribution in [1.82, 2.24) is 15.1 Å². The van der Waals surface area contributed by atoms with Crippen molar-refractivity contribution < 1.29 is 5.11 Å². The molecular formula is C13H25N3O. The topological polar surface area (TPSA) is 50.1 Å². The molecule has 0 amide bonds. The SMILES string of the molecule is CC(O)CCNCc1cn(C)nc1C(C)(C)C. The Hall–Kier alpha value is -0.870. The Morgan fingerprint density at radius 3 is 2.65 bits per heavy atom. The van der Waals surface area contributed by atoms with Crippen LogP contribution in [0.15, 0.2) is 6.20 Å². The van der Waals surface area contributed by atoms with E-state index in [1.807, 2.05) is 18.7 Å². The van der Waals surface area contributed by atoms with Crippen LogP contribution >= 0.6 is 0 Å². The zero-order chi connectivity index (χ0) is 13.1. The van der Waals surface area contributed by atoms with Gasteiger partial charge < -0.3 is 10.4 Å². The van der Waals surface area contributed by atoms with Crippen molar-refractivity contribution in [2.45, 2.75) is 52.2 Å². The standard InChI is InChI=1S/C13H25N3O/c1-10(17)6-7-14-8-11-9-16(5)15-12(11)13(2,3)4/h9-10,14,17H,6-8H2,1-5H3. The minimum absolute atomic E-state index is 0.0720. The highest BCUT2D eigenvalue weighted by molar-refractivity contribution is 5.23. The Morgan fingerprint density at radius 2 is 2.12 bits per heavy atom. The largest absolute Gasteiger partial charge is 0.393 e. The highest BCUT2D eigenvalue weighted by Gasteiger charge is 2.21. The molecule has 1 unspecified atom stereocenters. The Kier molecular flexibility index (Phi) is 4.71. The summed E-state index contributed by atoms with van der Waals surface area (Å²) in [5.41, 5.74) is 2.46. The second-order valence-corrected chi connectivity index (χ2v) is 5.74. The summed E-state index contributed by atoms with van der Waals surface area (Å²) in [5.74, 6) is 0. The molecule has 1 aromatic rings. The number of nitrogens with one attached hydrogen (secondary N) is 1. The van der Waals surface area contributed by atoms with Crippen molar-refractivity contribution in [1.29, 1.82) is 0 Å². The van der Waals surface area contributed by atoms with E-state index in [4.69, 9.17) is 0 Å². The number of aromatic nitrogens is 2. The van der Waals surface area contributed by atoms with Crippen LogP contribution in [0.5, 0.6) is 0 Å². The second-order valence-electron chi connectivity index (χ2n) is 5.74. The van der Waals surface area contributed by atoms with E-state index in [0.29, 0.717) is 0 Å². The molecule has 1 rings (SSSR count). The zero-order valence-electron chi connectivity index (χ0n) is 11.6. The summed E-state index contributed by atoms with van der Waals surface area (Å²) in [6.07, 6.45) is 2.61. The summed E-state index contributed by atoms with van der Waals surface area (Å²) < 4.78 is 1.87. The van der Waals surface area contributed by atoms with Crippen molar-refractivity contribution in [3.05, 3.63) is 17.5 Å². The van der Waals surface area contributed by atoms with Crippen LogP contribution in [0, 0.1) is 0 Å². The minimum Gasteiger partial charge on any atom is -0.393 e. The molecule has 17 heavy (non-hydrogen) atoms. The monoisotopic (exact) mass is 239 g/mol. The van der Waals surface area contributed by atoms with Gasteiger partial charge in [-0.1, -0.05) is 20.8 Å². The molecule has 0 aromatic carbocycles. The lowest BCUT2D eigenvalue weighted by molar-refractivity contribution is 0.183. The van der Waals surface area contributed by atoms with E-state index >= 15 is 0 Å². The number of nitrogens with zero attached hydrogens (tertiary/aromatic N) is 2. The molecule has 1 heterocycles. The van der Waals surface area contributed by atoms with Gasteiger partial charge in [-0.2, -0.15) is 5.10 Å². The molecule has 98 valence electrons. The number of hydrogen-bond acceptors (Lipinski definition) is 3. The van der Waals surface area contributed by atoms with Crippen molar-refractivity contribution >= 4 is 0 Å². The fourth-order valence-electron chi connectivity index (χ4n) is 1.83. The second kappa shape index (κ2) is 5.65. The van der Waals surface area contributed by atoms with Crippen LogP contribution < -0.4 is 5.32 Å². The fraction of sp³-hybridized carbons (Fsp3) is 0.769. The van der Waals surface area contributed by atoms with Gasteiger partial charge in [0.05, 0.1) is 11.8 Å². The molecule has 0 radical (unpaired) electrons. The van der Waals surface area contributed by atoms with Gasteiger partial charge >= 0.3 is 0 Å². The van der Waals surface area contributed by atoms with Crippen LogP contribution in [0.1, 0.15) is 45.4 Å². The van der Waals surface area contributed by atoms with Crippen molar-refractivity contribution in [2.75, 3.05) is 6.54 Å². The van der Waals surface area contributed by atoms with Gasteiger partial charge in [-0.05, 0) is 19.9 Å². The Morgan fingerprint density at radius 1 is 1.47 bits per heavy atom. The molecule has 1 aromatic heterocycles. The third-order valence-electron chi connectivity index (χ3n) is 2.67. The molecule has 4 heteroatoms. The molecule has 0 saturated carbocycles. The molecule has 4 nitrogen and oxygen atoms in total. The van der Waals surface area contributed by atoms with E-state index < -0.39 is 0 Å². The molecule has 0 bridgehead atoms. The van der Waals surface area contributed by atoms with Crippen molar-refractivity contribution in [3.63, 3.8) is 0 Å². The maximum Gasteiger partial charge on any atom is 0.0722 e. The quantitative estimate of drug-likeness (QED) is 0.767. The summed E-state index contributed by atoms with van der Waals surface area (Å²) in [4.78, 5) is 0. The fourth-order valence-corrected chi connectivity index (χ4v) is 1.83. The summed E-state index contributed by atoms with van der Waals surface area (Å²) >= 11 is 0. The summed E-state index contributed by atoms with van der Waals surface area (Å²) in [5, 5.41) is 17.0. The highest BCUT2D eigenvalue weighted by Crippen LogP contribution is 2.23. The van der Waals surface area contributed by atoms with Gasteiger partial charge in [0, 0.05) is 30.8 Å². The zero-order valence-corrected chi connectivity index (χ0v) is 11.6. The van der Waals surface area contributed by atoms with E-state index in [1.54, 1.807) is 0 Å². The summed E-state index contributed by atoms with van der Waals surface area (Å²) in [6, 6.07) is 0. The molecule has 0 fully saturated rings. The third-order valence-corrected chi connectivity index (χ3v) is 2.67. The maximum atomic E-state index is 9.18. The van der Waals surface area contributed by atoms with E-state index in [0.717, 1.165) is 25.2 Å². The average Bonchev–Trinajstić information content (AvgIpc) is 2.53. The van der Waals surface area contributed by atoms with E-state index in [1.165, 1.54) is 5.56 Å². The Labute approximate surface area is 104 Å². The van der Waals surface area contributed by atoms with E-state index in [9.17, 15) is 5.11 Å². The number of aryl methyl sites for hydroxylation is 1. The van der Waals surface area contributed by atoms with Gasteiger partial charge in [-0.15, -0.1) is 0 Å². The van der Waals surface area contributed by atoms with Crippen LogP contribution in [0.4, 0.5) is 0 Å². The van der Waals surface area contributed by atoms with Crippen LogP contribution in [0.2, 0.25) is 0 Å². The Bertz CT molecular complexity index is 350. The van der Waals surface area contributed by atoms with Crippen molar-refractivity contribution in [2.24, 2.45) is 7.05 Å². The lowest BCUT2D eigenvalue weighted by Crippen LogP contribution is -2.21. The van der Waals surface area contributed by atoms with Gasteiger partial charge in [0.2, 0.25) is 0 Å². The van der Waals surface area contributed by atoms with E-state index in [2.05, 4.69) is 37.4 Å². The number of aliphatic hydroxyl groups excluding tert-OH is 1. The van der Waals surface area contributed by atoms with Gasteiger partial charge in [-0.25, -0.2) is 0 Å². The first-order chi connectivity index (χ1) is 7.80. The van der Waals surface area contributed by atoms with Gasteiger partial charge in [-0.3, -0.25) is 4.68 Å². The maximum absolute atomic E-state index is 9.18. The first-order valence-corrected chi connectivity index (χ1v) is 6.22. The Balaban J connectivity index is 2.59. The third kappa shape index (κ3) is 4.48. The summed E-state index contributed by atoms with van der Waals surface area (Å²) in [6.45, 7) is 9.98. The summed E-state index contributed by atoms with van der Waals surface area (Å²) in [7, 11) is 1.95. The first-order valence-electron chi connectivity index (χ1n) is 6.22. The molecule has 0 spiro atoms. The van der Waals surface area contributed by atoms with Gasteiger partial charge in [0.15, 0.2) is 0 Å². The normalized spacial score (nSPS) is 14.0. The van der Waals surface area contributed by atoms with Crippen LogP contribution in [-0.2, 0) is 19.0 Å². The van der Waals surface area contributed by atoms with Gasteiger partial charge in [0.1, 0.15) is 0 Å².